The van der Waals surface area contributed by atoms with Crippen LogP contribution in [0.25, 0.3) is 0 Å². The molecule has 0 spiro atoms. The molecule has 102 valence electrons. The molecule has 1 saturated carbocycles. The summed E-state index contributed by atoms with van der Waals surface area (Å²) in [5.41, 5.74) is 1.99. The molecule has 2 nitrogen and oxygen atoms in total. The van der Waals surface area contributed by atoms with Crippen molar-refractivity contribution in [2.45, 2.75) is 38.6 Å². The van der Waals surface area contributed by atoms with E-state index >= 15 is 0 Å². The molecule has 0 unspecified atom stereocenters. The molecule has 0 bridgehead atoms. The van der Waals surface area contributed by atoms with E-state index < -0.39 is 0 Å². The summed E-state index contributed by atoms with van der Waals surface area (Å²) in [5.74, 6) is 0.153. The van der Waals surface area contributed by atoms with Gasteiger partial charge in [-0.3, -0.25) is 4.79 Å². The highest BCUT2D eigenvalue weighted by molar-refractivity contribution is 14.1. The minimum absolute atomic E-state index is 0.153. The first-order valence-electron chi connectivity index (χ1n) is 6.82. The Labute approximate surface area is 129 Å². The Morgan fingerprint density at radius 2 is 2.16 bits per heavy atom. The zero-order valence-corrected chi connectivity index (χ0v) is 13.5. The third-order valence-electron chi connectivity index (χ3n) is 3.77. The Kier molecular flexibility index (Phi) is 5.02. The maximum absolute atomic E-state index is 12.8. The highest BCUT2D eigenvalue weighted by Crippen LogP contribution is 2.26. The molecule has 1 aliphatic rings. The van der Waals surface area contributed by atoms with Crippen LogP contribution in [0.1, 0.15) is 41.6 Å². The van der Waals surface area contributed by atoms with Crippen LogP contribution in [-0.4, -0.2) is 23.4 Å². The van der Waals surface area contributed by atoms with E-state index in [-0.39, 0.29) is 5.91 Å². The Hall–Kier alpha value is -0.840. The van der Waals surface area contributed by atoms with Crippen LogP contribution < -0.4 is 0 Å². The second-order valence-corrected chi connectivity index (χ2v) is 6.20. The number of halogens is 1. The van der Waals surface area contributed by atoms with Crippen molar-refractivity contribution in [2.24, 2.45) is 0 Å². The zero-order valence-electron chi connectivity index (χ0n) is 11.4. The first-order valence-corrected chi connectivity index (χ1v) is 7.90. The van der Waals surface area contributed by atoms with E-state index in [1.54, 1.807) is 0 Å². The normalized spacial score (nSPS) is 15.5. The van der Waals surface area contributed by atoms with Crippen molar-refractivity contribution < 1.29 is 4.79 Å². The lowest BCUT2D eigenvalue weighted by Gasteiger charge is -2.28. The molecule has 1 aromatic carbocycles. The van der Waals surface area contributed by atoms with Gasteiger partial charge in [-0.1, -0.05) is 31.1 Å². The first kappa shape index (κ1) is 14.6. The highest BCUT2D eigenvalue weighted by Gasteiger charge is 2.27. The van der Waals surface area contributed by atoms with E-state index in [2.05, 4.69) is 29.2 Å². The van der Waals surface area contributed by atoms with Crippen LogP contribution in [0.5, 0.6) is 0 Å². The number of amides is 1. The molecule has 0 radical (unpaired) electrons. The number of hydrogen-bond acceptors (Lipinski definition) is 1. The summed E-state index contributed by atoms with van der Waals surface area (Å²) in [6.07, 6.45) is 6.55. The summed E-state index contributed by atoms with van der Waals surface area (Å²) in [6, 6.07) is 6.33. The predicted octanol–water partition coefficient (Wildman–Crippen LogP) is 4.17. The maximum Gasteiger partial charge on any atom is 0.255 e. The molecule has 1 aromatic rings. The highest BCUT2D eigenvalue weighted by atomic mass is 127. The van der Waals surface area contributed by atoms with Crippen LogP contribution in [-0.2, 0) is 0 Å². The summed E-state index contributed by atoms with van der Waals surface area (Å²) < 4.78 is 1.07. The molecule has 0 saturated heterocycles. The van der Waals surface area contributed by atoms with Crippen molar-refractivity contribution in [3.05, 3.63) is 45.6 Å². The van der Waals surface area contributed by atoms with E-state index in [1.165, 1.54) is 12.8 Å². The standard InChI is InChI=1S/C16H20INO/c1-3-11-18(13-8-4-5-9-13)16(19)14-10-6-7-12(2)15(14)17/h3,6-7,10,13H,1,4-5,8-9,11H2,2H3. The summed E-state index contributed by atoms with van der Waals surface area (Å²) in [6.45, 7) is 6.49. The van der Waals surface area contributed by atoms with Crippen molar-refractivity contribution >= 4 is 28.5 Å². The number of carbonyl (C=O) groups excluding carboxylic acids is 1. The number of carbonyl (C=O) groups is 1. The topological polar surface area (TPSA) is 20.3 Å². The second kappa shape index (κ2) is 6.55. The van der Waals surface area contributed by atoms with Crippen molar-refractivity contribution in [1.29, 1.82) is 0 Å². The summed E-state index contributed by atoms with van der Waals surface area (Å²) >= 11 is 2.27. The predicted molar refractivity (Wildman–Crippen MR) is 87.4 cm³/mol. The van der Waals surface area contributed by atoms with Gasteiger partial charge in [0, 0.05) is 16.2 Å². The van der Waals surface area contributed by atoms with Crippen LogP contribution >= 0.6 is 22.6 Å². The molecule has 1 fully saturated rings. The van der Waals surface area contributed by atoms with E-state index in [0.717, 1.165) is 27.5 Å². The van der Waals surface area contributed by atoms with Crippen LogP contribution in [0.3, 0.4) is 0 Å². The molecule has 19 heavy (non-hydrogen) atoms. The number of rotatable bonds is 4. The van der Waals surface area contributed by atoms with E-state index in [4.69, 9.17) is 0 Å². The molecule has 0 heterocycles. The van der Waals surface area contributed by atoms with Gasteiger partial charge < -0.3 is 4.90 Å². The molecule has 2 rings (SSSR count). The van der Waals surface area contributed by atoms with Crippen LogP contribution in [0.2, 0.25) is 0 Å². The van der Waals surface area contributed by atoms with Crippen LogP contribution in [0.4, 0.5) is 0 Å². The molecule has 0 atom stereocenters. The molecule has 0 N–H and O–H groups in total. The van der Waals surface area contributed by atoms with Crippen molar-refractivity contribution in [3.8, 4) is 0 Å². The van der Waals surface area contributed by atoms with Gasteiger partial charge in [0.15, 0.2) is 0 Å². The fourth-order valence-corrected chi connectivity index (χ4v) is 3.31. The van der Waals surface area contributed by atoms with Gasteiger partial charge in [0.05, 0.1) is 5.56 Å². The maximum atomic E-state index is 12.8. The Balaban J connectivity index is 2.28. The Morgan fingerprint density at radius 1 is 1.47 bits per heavy atom. The average Bonchev–Trinajstić information content (AvgIpc) is 2.92. The Morgan fingerprint density at radius 3 is 2.79 bits per heavy atom. The van der Waals surface area contributed by atoms with E-state index in [0.29, 0.717) is 12.6 Å². The van der Waals surface area contributed by atoms with Crippen molar-refractivity contribution in [2.75, 3.05) is 6.54 Å². The number of hydrogen-bond donors (Lipinski definition) is 0. The third kappa shape index (κ3) is 3.19. The number of benzene rings is 1. The van der Waals surface area contributed by atoms with Gasteiger partial charge >= 0.3 is 0 Å². The molecular weight excluding hydrogens is 349 g/mol. The second-order valence-electron chi connectivity index (χ2n) is 5.12. The SMILES string of the molecule is C=CCN(C(=O)c1cccc(C)c1I)C1CCCC1. The summed E-state index contributed by atoms with van der Waals surface area (Å²) in [7, 11) is 0. The van der Waals surface area contributed by atoms with Gasteiger partial charge in [-0.25, -0.2) is 0 Å². The first-order chi connectivity index (χ1) is 9.15. The minimum Gasteiger partial charge on any atom is -0.332 e. The molecule has 3 heteroatoms. The average molecular weight is 369 g/mol. The monoisotopic (exact) mass is 369 g/mol. The third-order valence-corrected chi connectivity index (χ3v) is 5.21. The molecular formula is C16H20INO. The number of nitrogens with zero attached hydrogens (tertiary/aromatic N) is 1. The van der Waals surface area contributed by atoms with Gasteiger partial charge in [0.25, 0.3) is 5.91 Å². The van der Waals surface area contributed by atoms with Crippen LogP contribution in [0, 0.1) is 10.5 Å². The molecule has 1 amide bonds. The van der Waals surface area contributed by atoms with E-state index in [1.807, 2.05) is 36.1 Å². The lowest BCUT2D eigenvalue weighted by Crippen LogP contribution is -2.39. The molecule has 1 aliphatic carbocycles. The molecule has 0 aliphatic heterocycles. The zero-order chi connectivity index (χ0) is 13.8. The fraction of sp³-hybridized carbons (Fsp3) is 0.438. The molecule has 0 aromatic heterocycles. The summed E-state index contributed by atoms with van der Waals surface area (Å²) in [5, 5.41) is 0. The quantitative estimate of drug-likeness (QED) is 0.576. The van der Waals surface area contributed by atoms with Gasteiger partial charge in [-0.2, -0.15) is 0 Å². The Bertz CT molecular complexity index is 478. The van der Waals surface area contributed by atoms with E-state index in [9.17, 15) is 4.79 Å². The smallest absolute Gasteiger partial charge is 0.255 e. The van der Waals surface area contributed by atoms with Gasteiger partial charge in [0.1, 0.15) is 0 Å². The fourth-order valence-electron chi connectivity index (χ4n) is 2.72. The van der Waals surface area contributed by atoms with Gasteiger partial charge in [-0.15, -0.1) is 6.58 Å². The van der Waals surface area contributed by atoms with Crippen molar-refractivity contribution in [3.63, 3.8) is 0 Å². The van der Waals surface area contributed by atoms with Gasteiger partial charge in [0.2, 0.25) is 0 Å². The largest absolute Gasteiger partial charge is 0.332 e. The lowest BCUT2D eigenvalue weighted by molar-refractivity contribution is 0.0705. The lowest BCUT2D eigenvalue weighted by atomic mass is 10.1. The van der Waals surface area contributed by atoms with Gasteiger partial charge in [-0.05, 0) is 54.0 Å². The van der Waals surface area contributed by atoms with Crippen molar-refractivity contribution in [1.82, 2.24) is 4.90 Å². The number of aryl methyl sites for hydroxylation is 1. The summed E-state index contributed by atoms with van der Waals surface area (Å²) in [4.78, 5) is 14.8. The van der Waals surface area contributed by atoms with Crippen LogP contribution in [0.15, 0.2) is 30.9 Å². The minimum atomic E-state index is 0.153.